The molecule has 1 heterocycles. The Balaban J connectivity index is 2.70. The zero-order valence-corrected chi connectivity index (χ0v) is 10.3. The quantitative estimate of drug-likeness (QED) is 0.611. The van der Waals surface area contributed by atoms with Crippen molar-refractivity contribution in [3.05, 3.63) is 35.5 Å². The van der Waals surface area contributed by atoms with E-state index in [1.165, 1.54) is 22.2 Å². The van der Waals surface area contributed by atoms with Gasteiger partial charge in [0.2, 0.25) is 0 Å². The fraction of sp³-hybridized carbons (Fsp3) is 0.429. The van der Waals surface area contributed by atoms with Crippen LogP contribution in [0.15, 0.2) is 24.3 Å². The minimum atomic E-state index is 0.229. The molecule has 0 aliphatic rings. The summed E-state index contributed by atoms with van der Waals surface area (Å²) in [4.78, 5) is 0. The maximum Gasteiger partial charge on any atom is 0.0482 e. The van der Waals surface area contributed by atoms with E-state index >= 15 is 0 Å². The van der Waals surface area contributed by atoms with Crippen LogP contribution in [0, 0.1) is 6.92 Å². The summed E-state index contributed by atoms with van der Waals surface area (Å²) in [5.74, 6) is 0. The van der Waals surface area contributed by atoms with Gasteiger partial charge in [-0.2, -0.15) is 0 Å². The van der Waals surface area contributed by atoms with Crippen molar-refractivity contribution in [3.63, 3.8) is 0 Å². The molecule has 1 aromatic heterocycles. The molecule has 0 aliphatic heterocycles. The summed E-state index contributed by atoms with van der Waals surface area (Å²) < 4.78 is 2.25. The van der Waals surface area contributed by atoms with Crippen LogP contribution in [0.4, 0.5) is 0 Å². The van der Waals surface area contributed by atoms with Gasteiger partial charge in [-0.25, -0.2) is 0 Å². The Morgan fingerprint density at radius 2 is 1.73 bits per heavy atom. The van der Waals surface area contributed by atoms with E-state index in [1.807, 2.05) is 0 Å². The standard InChI is InChI=1S/C14H19N/c1-10-8-11-6-7-12(14(2,3)4)9-13(11)15(10)5/h6-9H,1-5H3. The Hall–Kier alpha value is -1.24. The molecule has 2 rings (SSSR count). The molecular weight excluding hydrogens is 182 g/mol. The molecule has 1 nitrogen and oxygen atoms in total. The first-order valence-electron chi connectivity index (χ1n) is 5.46. The van der Waals surface area contributed by atoms with Crippen LogP contribution in [0.2, 0.25) is 0 Å². The average molecular weight is 201 g/mol. The Bertz CT molecular complexity index is 498. The lowest BCUT2D eigenvalue weighted by atomic mass is 9.87. The van der Waals surface area contributed by atoms with E-state index in [9.17, 15) is 0 Å². The first-order valence-corrected chi connectivity index (χ1v) is 5.46. The summed E-state index contributed by atoms with van der Waals surface area (Å²) >= 11 is 0. The van der Waals surface area contributed by atoms with Crippen LogP contribution >= 0.6 is 0 Å². The zero-order chi connectivity index (χ0) is 11.2. The molecule has 80 valence electrons. The lowest BCUT2D eigenvalue weighted by molar-refractivity contribution is 0.591. The third-order valence-corrected chi connectivity index (χ3v) is 3.15. The number of benzene rings is 1. The van der Waals surface area contributed by atoms with E-state index in [-0.39, 0.29) is 5.41 Å². The Kier molecular flexibility index (Phi) is 2.14. The molecule has 0 fully saturated rings. The van der Waals surface area contributed by atoms with Crippen molar-refractivity contribution in [2.75, 3.05) is 0 Å². The smallest absolute Gasteiger partial charge is 0.0482 e. The molecule has 1 heteroatoms. The van der Waals surface area contributed by atoms with Gasteiger partial charge in [-0.1, -0.05) is 32.9 Å². The molecule has 0 amide bonds. The molecule has 15 heavy (non-hydrogen) atoms. The maximum absolute atomic E-state index is 2.31. The first kappa shape index (κ1) is 10.3. The van der Waals surface area contributed by atoms with E-state index in [0.29, 0.717) is 0 Å². The van der Waals surface area contributed by atoms with Crippen molar-refractivity contribution < 1.29 is 0 Å². The molecule has 0 saturated heterocycles. The van der Waals surface area contributed by atoms with Gasteiger partial charge in [-0.05, 0) is 35.4 Å². The number of aromatic nitrogens is 1. The van der Waals surface area contributed by atoms with Crippen LogP contribution in [0.25, 0.3) is 10.9 Å². The highest BCUT2D eigenvalue weighted by Crippen LogP contribution is 2.27. The second-order valence-electron chi connectivity index (χ2n) is 5.37. The molecular formula is C14H19N. The number of rotatable bonds is 0. The molecule has 0 aliphatic carbocycles. The molecule has 0 atom stereocenters. The highest BCUT2D eigenvalue weighted by molar-refractivity contribution is 5.82. The Labute approximate surface area is 91.7 Å². The van der Waals surface area contributed by atoms with Crippen LogP contribution in [0.1, 0.15) is 32.0 Å². The predicted octanol–water partition coefficient (Wildman–Crippen LogP) is 3.78. The summed E-state index contributed by atoms with van der Waals surface area (Å²) in [5, 5.41) is 1.34. The second kappa shape index (κ2) is 3.13. The number of aryl methyl sites for hydroxylation is 2. The first-order chi connectivity index (χ1) is 6.89. The third kappa shape index (κ3) is 1.67. The van der Waals surface area contributed by atoms with Crippen molar-refractivity contribution in [3.8, 4) is 0 Å². The van der Waals surface area contributed by atoms with E-state index in [2.05, 4.69) is 63.6 Å². The van der Waals surface area contributed by atoms with Crippen molar-refractivity contribution in [2.24, 2.45) is 7.05 Å². The van der Waals surface area contributed by atoms with Gasteiger partial charge in [0.15, 0.2) is 0 Å². The summed E-state index contributed by atoms with van der Waals surface area (Å²) in [6.45, 7) is 8.91. The molecule has 0 spiro atoms. The number of nitrogens with zero attached hydrogens (tertiary/aromatic N) is 1. The van der Waals surface area contributed by atoms with E-state index < -0.39 is 0 Å². The summed E-state index contributed by atoms with van der Waals surface area (Å²) in [6, 6.07) is 9.01. The lowest BCUT2D eigenvalue weighted by Gasteiger charge is -2.19. The lowest BCUT2D eigenvalue weighted by Crippen LogP contribution is -2.10. The Morgan fingerprint density at radius 3 is 2.33 bits per heavy atom. The fourth-order valence-corrected chi connectivity index (χ4v) is 1.93. The SMILES string of the molecule is Cc1cc2ccc(C(C)(C)C)cc2n1C. The number of hydrogen-bond donors (Lipinski definition) is 0. The minimum Gasteiger partial charge on any atom is -0.348 e. The van der Waals surface area contributed by atoms with E-state index in [4.69, 9.17) is 0 Å². The van der Waals surface area contributed by atoms with Crippen molar-refractivity contribution in [1.82, 2.24) is 4.57 Å². The normalized spacial score (nSPS) is 12.3. The van der Waals surface area contributed by atoms with Gasteiger partial charge >= 0.3 is 0 Å². The molecule has 0 N–H and O–H groups in total. The van der Waals surface area contributed by atoms with Crippen LogP contribution in [-0.2, 0) is 12.5 Å². The zero-order valence-electron chi connectivity index (χ0n) is 10.3. The van der Waals surface area contributed by atoms with Gasteiger partial charge in [0.05, 0.1) is 0 Å². The van der Waals surface area contributed by atoms with Crippen molar-refractivity contribution >= 4 is 10.9 Å². The Morgan fingerprint density at radius 1 is 1.07 bits per heavy atom. The van der Waals surface area contributed by atoms with Gasteiger partial charge in [0.25, 0.3) is 0 Å². The third-order valence-electron chi connectivity index (χ3n) is 3.15. The van der Waals surface area contributed by atoms with Crippen LogP contribution in [-0.4, -0.2) is 4.57 Å². The molecule has 0 unspecified atom stereocenters. The fourth-order valence-electron chi connectivity index (χ4n) is 1.93. The minimum absolute atomic E-state index is 0.229. The summed E-state index contributed by atoms with van der Waals surface area (Å²) in [5.41, 5.74) is 4.28. The van der Waals surface area contributed by atoms with E-state index in [1.54, 1.807) is 0 Å². The van der Waals surface area contributed by atoms with Gasteiger partial charge in [-0.15, -0.1) is 0 Å². The summed E-state index contributed by atoms with van der Waals surface area (Å²) in [6.07, 6.45) is 0. The van der Waals surface area contributed by atoms with Crippen molar-refractivity contribution in [1.29, 1.82) is 0 Å². The maximum atomic E-state index is 2.31. The van der Waals surface area contributed by atoms with Crippen LogP contribution in [0.3, 0.4) is 0 Å². The largest absolute Gasteiger partial charge is 0.348 e. The molecule has 1 aromatic carbocycles. The molecule has 0 radical (unpaired) electrons. The van der Waals surface area contributed by atoms with Gasteiger partial charge in [0, 0.05) is 18.3 Å². The second-order valence-corrected chi connectivity index (χ2v) is 5.37. The number of fused-ring (bicyclic) bond motifs is 1. The van der Waals surface area contributed by atoms with Crippen LogP contribution in [0.5, 0.6) is 0 Å². The highest BCUT2D eigenvalue weighted by Gasteiger charge is 2.14. The number of hydrogen-bond acceptors (Lipinski definition) is 0. The highest BCUT2D eigenvalue weighted by atomic mass is 14.9. The predicted molar refractivity (Wildman–Crippen MR) is 66.4 cm³/mol. The summed E-state index contributed by atoms with van der Waals surface area (Å²) in [7, 11) is 2.13. The monoisotopic (exact) mass is 201 g/mol. The van der Waals surface area contributed by atoms with Gasteiger partial charge in [-0.3, -0.25) is 0 Å². The van der Waals surface area contributed by atoms with Gasteiger partial charge in [0.1, 0.15) is 0 Å². The molecule has 0 bridgehead atoms. The average Bonchev–Trinajstić information content (AvgIpc) is 2.41. The van der Waals surface area contributed by atoms with Crippen molar-refractivity contribution in [2.45, 2.75) is 33.1 Å². The van der Waals surface area contributed by atoms with E-state index in [0.717, 1.165) is 0 Å². The van der Waals surface area contributed by atoms with Crippen LogP contribution < -0.4 is 0 Å². The molecule has 2 aromatic rings. The topological polar surface area (TPSA) is 4.93 Å². The molecule has 0 saturated carbocycles. The van der Waals surface area contributed by atoms with Gasteiger partial charge < -0.3 is 4.57 Å².